The molecular weight excluding hydrogens is 333 g/mol. The van der Waals surface area contributed by atoms with E-state index in [1.165, 1.54) is 12.1 Å². The van der Waals surface area contributed by atoms with Crippen LogP contribution < -0.4 is 10.1 Å². The molecule has 2 aromatic carbocycles. The first-order chi connectivity index (χ1) is 12.6. The Balaban J connectivity index is 1.83. The lowest BCUT2D eigenvalue weighted by Crippen LogP contribution is -2.15. The van der Waals surface area contributed by atoms with Crippen molar-refractivity contribution in [3.63, 3.8) is 0 Å². The molecule has 0 saturated carbocycles. The number of nitrogens with one attached hydrogen (secondary N) is 1. The molecule has 1 aromatic heterocycles. The summed E-state index contributed by atoms with van der Waals surface area (Å²) in [4.78, 5) is 12.6. The largest absolute Gasteiger partial charge is 0.494 e. The van der Waals surface area contributed by atoms with Gasteiger partial charge in [0.15, 0.2) is 0 Å². The lowest BCUT2D eigenvalue weighted by molar-refractivity contribution is 0.102. The molecule has 0 spiro atoms. The number of nitrogens with zero attached hydrogens (tertiary/aromatic N) is 2. The van der Waals surface area contributed by atoms with Crippen LogP contribution in [0.25, 0.3) is 5.69 Å². The molecule has 26 heavy (non-hydrogen) atoms. The van der Waals surface area contributed by atoms with Crippen molar-refractivity contribution in [2.45, 2.75) is 20.3 Å². The third-order valence-electron chi connectivity index (χ3n) is 3.71. The van der Waals surface area contributed by atoms with Crippen LogP contribution in [-0.4, -0.2) is 22.3 Å². The maximum absolute atomic E-state index is 13.2. The highest BCUT2D eigenvalue weighted by atomic mass is 19.1. The first kappa shape index (κ1) is 17.7. The van der Waals surface area contributed by atoms with Gasteiger partial charge in [-0.3, -0.25) is 4.79 Å². The van der Waals surface area contributed by atoms with Crippen molar-refractivity contribution < 1.29 is 13.9 Å². The van der Waals surface area contributed by atoms with Crippen LogP contribution in [0.2, 0.25) is 0 Å². The number of hydrogen-bond donors (Lipinski definition) is 1. The van der Waals surface area contributed by atoms with Crippen molar-refractivity contribution in [3.8, 4) is 11.4 Å². The van der Waals surface area contributed by atoms with E-state index < -0.39 is 0 Å². The number of halogens is 1. The fourth-order valence-electron chi connectivity index (χ4n) is 2.50. The minimum Gasteiger partial charge on any atom is -0.494 e. The number of carbonyl (C=O) groups excluding carboxylic acids is 1. The lowest BCUT2D eigenvalue weighted by atomic mass is 10.2. The summed E-state index contributed by atoms with van der Waals surface area (Å²) in [5.41, 5.74) is 1.89. The predicted molar refractivity (Wildman–Crippen MR) is 98.4 cm³/mol. The van der Waals surface area contributed by atoms with Gasteiger partial charge in [-0.2, -0.15) is 5.10 Å². The normalized spacial score (nSPS) is 10.6. The quantitative estimate of drug-likeness (QED) is 0.716. The van der Waals surface area contributed by atoms with Gasteiger partial charge in [-0.25, -0.2) is 9.07 Å². The van der Waals surface area contributed by atoms with Crippen LogP contribution in [0.1, 0.15) is 29.4 Å². The highest BCUT2D eigenvalue weighted by molar-refractivity contribution is 6.04. The summed E-state index contributed by atoms with van der Waals surface area (Å²) in [6.07, 6.45) is 0.895. The van der Waals surface area contributed by atoms with Crippen molar-refractivity contribution in [1.29, 1.82) is 0 Å². The Labute approximate surface area is 151 Å². The second kappa shape index (κ2) is 7.82. The number of aromatic nitrogens is 2. The molecular formula is C20H20FN3O2. The van der Waals surface area contributed by atoms with Gasteiger partial charge in [0.2, 0.25) is 0 Å². The summed E-state index contributed by atoms with van der Waals surface area (Å²) in [7, 11) is 0. The summed E-state index contributed by atoms with van der Waals surface area (Å²) in [5, 5.41) is 7.23. The molecule has 0 atom stereocenters. The van der Waals surface area contributed by atoms with Gasteiger partial charge >= 0.3 is 0 Å². The molecule has 0 unspecified atom stereocenters. The minimum atomic E-state index is -0.327. The van der Waals surface area contributed by atoms with Gasteiger partial charge in [-0.1, -0.05) is 13.0 Å². The molecule has 0 fully saturated rings. The van der Waals surface area contributed by atoms with Crippen molar-refractivity contribution >= 4 is 11.7 Å². The van der Waals surface area contributed by atoms with Crippen molar-refractivity contribution in [1.82, 2.24) is 9.78 Å². The Bertz CT molecular complexity index is 904. The van der Waals surface area contributed by atoms with E-state index in [9.17, 15) is 9.18 Å². The van der Waals surface area contributed by atoms with Gasteiger partial charge in [0.25, 0.3) is 5.91 Å². The second-order valence-electron chi connectivity index (χ2n) is 5.89. The van der Waals surface area contributed by atoms with Gasteiger partial charge in [0.05, 0.1) is 18.0 Å². The number of amides is 1. The summed E-state index contributed by atoms with van der Waals surface area (Å²) in [6, 6.07) is 14.7. The smallest absolute Gasteiger partial charge is 0.256 e. The molecule has 0 aliphatic rings. The Morgan fingerprint density at radius 2 is 1.96 bits per heavy atom. The zero-order valence-corrected chi connectivity index (χ0v) is 14.7. The van der Waals surface area contributed by atoms with E-state index in [0.29, 0.717) is 29.4 Å². The van der Waals surface area contributed by atoms with Gasteiger partial charge in [-0.05, 0) is 55.8 Å². The standard InChI is InChI=1S/C20H20FN3O2/c1-3-11-26-18-6-4-5-15(13-18)20(25)22-19-12-14(2)23-24(19)17-9-7-16(21)8-10-17/h4-10,12-13H,3,11H2,1-2H3,(H,22,25). The van der Waals surface area contributed by atoms with E-state index in [1.54, 1.807) is 41.1 Å². The fraction of sp³-hybridized carbons (Fsp3) is 0.200. The van der Waals surface area contributed by atoms with E-state index in [4.69, 9.17) is 4.74 Å². The summed E-state index contributed by atoms with van der Waals surface area (Å²) >= 11 is 0. The van der Waals surface area contributed by atoms with Crippen LogP contribution in [0.5, 0.6) is 5.75 Å². The molecule has 3 aromatic rings. The summed E-state index contributed by atoms with van der Waals surface area (Å²) < 4.78 is 20.3. The first-order valence-electron chi connectivity index (χ1n) is 8.43. The van der Waals surface area contributed by atoms with E-state index in [1.807, 2.05) is 19.9 Å². The van der Waals surface area contributed by atoms with Gasteiger partial charge in [0.1, 0.15) is 17.4 Å². The number of anilines is 1. The van der Waals surface area contributed by atoms with E-state index >= 15 is 0 Å². The minimum absolute atomic E-state index is 0.268. The Kier molecular flexibility index (Phi) is 5.31. The molecule has 1 heterocycles. The molecule has 0 aliphatic heterocycles. The molecule has 0 bridgehead atoms. The van der Waals surface area contributed by atoms with E-state index in [0.717, 1.165) is 12.1 Å². The highest BCUT2D eigenvalue weighted by Gasteiger charge is 2.13. The number of carbonyl (C=O) groups is 1. The van der Waals surface area contributed by atoms with Gasteiger partial charge in [-0.15, -0.1) is 0 Å². The van der Waals surface area contributed by atoms with Crippen molar-refractivity contribution in [2.24, 2.45) is 0 Å². The number of ether oxygens (including phenoxy) is 1. The Hall–Kier alpha value is -3.15. The molecule has 0 aliphatic carbocycles. The van der Waals surface area contributed by atoms with Crippen LogP contribution in [0, 0.1) is 12.7 Å². The average molecular weight is 353 g/mol. The molecule has 134 valence electrons. The summed E-state index contributed by atoms with van der Waals surface area (Å²) in [6.45, 7) is 4.45. The number of rotatable bonds is 6. The SMILES string of the molecule is CCCOc1cccc(C(=O)Nc2cc(C)nn2-c2ccc(F)cc2)c1. The number of hydrogen-bond acceptors (Lipinski definition) is 3. The van der Waals surface area contributed by atoms with Crippen LogP contribution in [-0.2, 0) is 0 Å². The maximum atomic E-state index is 13.2. The first-order valence-corrected chi connectivity index (χ1v) is 8.43. The van der Waals surface area contributed by atoms with Crippen LogP contribution in [0.3, 0.4) is 0 Å². The van der Waals surface area contributed by atoms with Crippen molar-refractivity contribution in [2.75, 3.05) is 11.9 Å². The molecule has 1 amide bonds. The summed E-state index contributed by atoms with van der Waals surface area (Å²) in [5.74, 6) is 0.573. The maximum Gasteiger partial charge on any atom is 0.256 e. The zero-order chi connectivity index (χ0) is 18.5. The molecule has 3 rings (SSSR count). The van der Waals surface area contributed by atoms with Crippen LogP contribution in [0.15, 0.2) is 54.6 Å². The third kappa shape index (κ3) is 4.08. The molecule has 6 heteroatoms. The Morgan fingerprint density at radius 1 is 1.19 bits per heavy atom. The number of aryl methyl sites for hydroxylation is 1. The van der Waals surface area contributed by atoms with Gasteiger partial charge < -0.3 is 10.1 Å². The fourth-order valence-corrected chi connectivity index (χ4v) is 2.50. The third-order valence-corrected chi connectivity index (χ3v) is 3.71. The second-order valence-corrected chi connectivity index (χ2v) is 5.89. The highest BCUT2D eigenvalue weighted by Crippen LogP contribution is 2.20. The van der Waals surface area contributed by atoms with Crippen molar-refractivity contribution in [3.05, 3.63) is 71.7 Å². The molecule has 0 saturated heterocycles. The number of benzene rings is 2. The molecule has 1 N–H and O–H groups in total. The van der Waals surface area contributed by atoms with Crippen LogP contribution in [0.4, 0.5) is 10.2 Å². The zero-order valence-electron chi connectivity index (χ0n) is 14.7. The predicted octanol–water partition coefficient (Wildman–Crippen LogP) is 4.36. The molecule has 5 nitrogen and oxygen atoms in total. The monoisotopic (exact) mass is 353 g/mol. The van der Waals surface area contributed by atoms with Gasteiger partial charge in [0, 0.05) is 11.6 Å². The Morgan fingerprint density at radius 3 is 2.69 bits per heavy atom. The topological polar surface area (TPSA) is 56.1 Å². The molecule has 0 radical (unpaired) electrons. The van der Waals surface area contributed by atoms with E-state index in [-0.39, 0.29) is 11.7 Å². The van der Waals surface area contributed by atoms with Crippen LogP contribution >= 0.6 is 0 Å². The average Bonchev–Trinajstić information content (AvgIpc) is 3.01. The van der Waals surface area contributed by atoms with E-state index in [2.05, 4.69) is 10.4 Å². The lowest BCUT2D eigenvalue weighted by Gasteiger charge is -2.10.